The Morgan fingerprint density at radius 2 is 2.00 bits per heavy atom. The molecule has 124 valence electrons. The highest BCUT2D eigenvalue weighted by Crippen LogP contribution is 2.32. The van der Waals surface area contributed by atoms with Gasteiger partial charge in [-0.2, -0.15) is 0 Å². The van der Waals surface area contributed by atoms with Crippen molar-refractivity contribution < 1.29 is 13.2 Å². The molecule has 0 saturated heterocycles. The molecule has 0 amide bonds. The summed E-state index contributed by atoms with van der Waals surface area (Å²) >= 11 is 1.48. The minimum absolute atomic E-state index is 0.0455. The van der Waals surface area contributed by atoms with Crippen molar-refractivity contribution in [2.75, 3.05) is 25.2 Å². The molecule has 1 N–H and O–H groups in total. The summed E-state index contributed by atoms with van der Waals surface area (Å²) < 4.78 is 31.2. The van der Waals surface area contributed by atoms with E-state index in [1.165, 1.54) is 18.9 Å². The monoisotopic (exact) mass is 353 g/mol. The molecule has 8 heteroatoms. The van der Waals surface area contributed by atoms with Crippen LogP contribution in [0.1, 0.15) is 13.3 Å². The largest absolute Gasteiger partial charge is 0.383 e. The Labute approximate surface area is 141 Å². The minimum atomic E-state index is -3.31. The molecule has 0 aliphatic carbocycles. The summed E-state index contributed by atoms with van der Waals surface area (Å²) in [5.41, 5.74) is 0.663. The van der Waals surface area contributed by atoms with Gasteiger partial charge in [-0.15, -0.1) is 11.8 Å². The molecule has 0 aliphatic rings. The molecule has 1 aromatic carbocycles. The fourth-order valence-electron chi connectivity index (χ4n) is 1.87. The van der Waals surface area contributed by atoms with Crippen LogP contribution in [0, 0.1) is 13.1 Å². The lowest BCUT2D eigenvalue weighted by Crippen LogP contribution is -2.37. The van der Waals surface area contributed by atoms with E-state index in [0.29, 0.717) is 30.2 Å². The number of ether oxygens (including phenoxy) is 1. The second kappa shape index (κ2) is 9.53. The fraction of sp³-hybridized carbons (Fsp3) is 0.467. The molecule has 23 heavy (non-hydrogen) atoms. The molecule has 0 aromatic heterocycles. The Hall–Kier alpha value is -1.58. The number of thioether (sulfide) groups is 1. The van der Waals surface area contributed by atoms with E-state index in [9.17, 15) is 8.42 Å². The second-order valence-electron chi connectivity index (χ2n) is 4.87. The van der Waals surface area contributed by atoms with Gasteiger partial charge in [-0.05, 0) is 24.0 Å². The number of nitrogens with zero attached hydrogens (tertiary/aromatic N) is 2. The summed E-state index contributed by atoms with van der Waals surface area (Å²) in [5.74, 6) is 0.665. The van der Waals surface area contributed by atoms with E-state index in [0.717, 1.165) is 4.90 Å². The standard InChI is InChI=1S/C15H19N3O3S2/c1-12(11-21-4)18-23(19,20)9-5-8-22-13-6-7-14(16-2)15(10-13)17-3/h6-7,10,12,18H,5,8-9,11H2,1,4H3. The average molecular weight is 353 g/mol. The van der Waals surface area contributed by atoms with Crippen LogP contribution in [0.25, 0.3) is 9.69 Å². The van der Waals surface area contributed by atoms with Crippen LogP contribution in [0.3, 0.4) is 0 Å². The number of methoxy groups -OCH3 is 1. The lowest BCUT2D eigenvalue weighted by atomic mass is 10.3. The van der Waals surface area contributed by atoms with Gasteiger partial charge in [0.2, 0.25) is 10.0 Å². The number of rotatable bonds is 9. The molecule has 0 radical (unpaired) electrons. The molecule has 1 atom stereocenters. The van der Waals surface area contributed by atoms with E-state index >= 15 is 0 Å². The first kappa shape index (κ1) is 19.5. The van der Waals surface area contributed by atoms with Gasteiger partial charge in [0, 0.05) is 13.2 Å². The molecular weight excluding hydrogens is 334 g/mol. The van der Waals surface area contributed by atoms with Crippen molar-refractivity contribution in [3.05, 3.63) is 41.0 Å². The summed E-state index contributed by atoms with van der Waals surface area (Å²) in [4.78, 5) is 7.47. The van der Waals surface area contributed by atoms with E-state index in [4.69, 9.17) is 17.9 Å². The summed E-state index contributed by atoms with van der Waals surface area (Å²) in [6, 6.07) is 4.81. The second-order valence-corrected chi connectivity index (χ2v) is 7.91. The number of nitrogens with one attached hydrogen (secondary N) is 1. The first-order chi connectivity index (χ1) is 10.9. The zero-order chi connectivity index (χ0) is 17.3. The third-order valence-electron chi connectivity index (χ3n) is 2.81. The highest BCUT2D eigenvalue weighted by Gasteiger charge is 2.14. The summed E-state index contributed by atoms with van der Waals surface area (Å²) in [7, 11) is -1.79. The van der Waals surface area contributed by atoms with Crippen molar-refractivity contribution in [1.82, 2.24) is 4.72 Å². The van der Waals surface area contributed by atoms with Crippen LogP contribution in [-0.2, 0) is 14.8 Å². The van der Waals surface area contributed by atoms with E-state index in [2.05, 4.69) is 14.4 Å². The highest BCUT2D eigenvalue weighted by atomic mass is 32.2. The number of sulfonamides is 1. The van der Waals surface area contributed by atoms with Crippen LogP contribution in [0.5, 0.6) is 0 Å². The number of hydrogen-bond acceptors (Lipinski definition) is 4. The normalized spacial score (nSPS) is 12.3. The van der Waals surface area contributed by atoms with E-state index in [-0.39, 0.29) is 11.8 Å². The van der Waals surface area contributed by atoms with Gasteiger partial charge >= 0.3 is 0 Å². The Balaban J connectivity index is 2.46. The molecule has 0 fully saturated rings. The van der Waals surface area contributed by atoms with Gasteiger partial charge in [-0.3, -0.25) is 9.69 Å². The maximum absolute atomic E-state index is 11.9. The van der Waals surface area contributed by atoms with Crippen molar-refractivity contribution in [1.29, 1.82) is 0 Å². The lowest BCUT2D eigenvalue weighted by molar-refractivity contribution is 0.180. The van der Waals surface area contributed by atoms with E-state index < -0.39 is 10.0 Å². The summed E-state index contributed by atoms with van der Waals surface area (Å²) in [6.45, 7) is 16.1. The number of hydrogen-bond donors (Lipinski definition) is 1. The Bertz CT molecular complexity index is 706. The molecular formula is C15H19N3O3S2. The zero-order valence-electron chi connectivity index (χ0n) is 13.1. The maximum atomic E-state index is 11.9. The third-order valence-corrected chi connectivity index (χ3v) is 5.48. The van der Waals surface area contributed by atoms with Crippen molar-refractivity contribution in [3.63, 3.8) is 0 Å². The van der Waals surface area contributed by atoms with Gasteiger partial charge in [-0.25, -0.2) is 13.1 Å². The van der Waals surface area contributed by atoms with Gasteiger partial charge in [0.25, 0.3) is 0 Å². The molecule has 0 saturated carbocycles. The van der Waals surface area contributed by atoms with Crippen molar-refractivity contribution in [3.8, 4) is 0 Å². The van der Waals surface area contributed by atoms with Gasteiger partial charge in [-0.1, -0.05) is 18.2 Å². The predicted octanol–water partition coefficient (Wildman–Crippen LogP) is 3.22. The Kier molecular flexibility index (Phi) is 8.07. The molecule has 1 aromatic rings. The summed E-state index contributed by atoms with van der Waals surface area (Å²) in [5, 5.41) is 0. The molecule has 6 nitrogen and oxygen atoms in total. The maximum Gasteiger partial charge on any atom is 0.211 e. The van der Waals surface area contributed by atoms with Crippen LogP contribution in [-0.4, -0.2) is 39.7 Å². The first-order valence-corrected chi connectivity index (χ1v) is 9.56. The lowest BCUT2D eigenvalue weighted by Gasteiger charge is -2.13. The Morgan fingerprint density at radius 3 is 2.61 bits per heavy atom. The van der Waals surface area contributed by atoms with Crippen molar-refractivity contribution in [2.24, 2.45) is 0 Å². The molecule has 0 bridgehead atoms. The summed E-state index contributed by atoms with van der Waals surface area (Å²) in [6.07, 6.45) is 0.498. The van der Waals surface area contributed by atoms with Crippen LogP contribution in [0.4, 0.5) is 11.4 Å². The first-order valence-electron chi connectivity index (χ1n) is 6.92. The highest BCUT2D eigenvalue weighted by molar-refractivity contribution is 7.99. The minimum Gasteiger partial charge on any atom is -0.383 e. The average Bonchev–Trinajstić information content (AvgIpc) is 2.51. The predicted molar refractivity (Wildman–Crippen MR) is 92.6 cm³/mol. The topological polar surface area (TPSA) is 64.1 Å². The third kappa shape index (κ3) is 7.02. The van der Waals surface area contributed by atoms with Crippen LogP contribution < -0.4 is 4.72 Å². The zero-order valence-corrected chi connectivity index (χ0v) is 14.7. The van der Waals surface area contributed by atoms with Gasteiger partial charge in [0.05, 0.1) is 25.5 Å². The van der Waals surface area contributed by atoms with E-state index in [1.807, 2.05) is 0 Å². The van der Waals surface area contributed by atoms with Gasteiger partial charge in [0.1, 0.15) is 0 Å². The molecule has 0 spiro atoms. The van der Waals surface area contributed by atoms with Crippen LogP contribution in [0.2, 0.25) is 0 Å². The number of benzene rings is 1. The van der Waals surface area contributed by atoms with E-state index in [1.54, 1.807) is 25.1 Å². The Morgan fingerprint density at radius 1 is 1.30 bits per heavy atom. The smallest absolute Gasteiger partial charge is 0.211 e. The quantitative estimate of drug-likeness (QED) is 0.421. The van der Waals surface area contributed by atoms with Gasteiger partial charge in [0.15, 0.2) is 11.4 Å². The van der Waals surface area contributed by atoms with Crippen LogP contribution in [0.15, 0.2) is 23.1 Å². The SMILES string of the molecule is [C-]#[N+]c1ccc(SCCCS(=O)(=O)NC(C)COC)cc1[N+]#[C-]. The molecule has 0 heterocycles. The van der Waals surface area contributed by atoms with Crippen molar-refractivity contribution >= 4 is 33.2 Å². The van der Waals surface area contributed by atoms with Crippen LogP contribution >= 0.6 is 11.8 Å². The van der Waals surface area contributed by atoms with Crippen molar-refractivity contribution in [2.45, 2.75) is 24.3 Å². The molecule has 0 aliphatic heterocycles. The van der Waals surface area contributed by atoms with Gasteiger partial charge < -0.3 is 4.74 Å². The molecule has 1 rings (SSSR count). The fourth-order valence-corrected chi connectivity index (χ4v) is 4.26. The molecule has 1 unspecified atom stereocenters.